The molecule has 25 heavy (non-hydrogen) atoms. The molecular formula is C17H16BrN3O4. The van der Waals surface area contributed by atoms with E-state index < -0.39 is 11.8 Å². The molecule has 0 bridgehead atoms. The van der Waals surface area contributed by atoms with Gasteiger partial charge in [0.15, 0.2) is 6.61 Å². The summed E-state index contributed by atoms with van der Waals surface area (Å²) >= 11 is 3.30. The van der Waals surface area contributed by atoms with E-state index in [2.05, 4.69) is 32.1 Å². The zero-order valence-corrected chi connectivity index (χ0v) is 14.9. The molecule has 0 saturated carbocycles. The fraction of sp³-hybridized carbons (Fsp3) is 0.118. The molecule has 8 heteroatoms. The Hall–Kier alpha value is -2.87. The maximum atomic E-state index is 11.9. The average molecular weight is 406 g/mol. The van der Waals surface area contributed by atoms with Gasteiger partial charge < -0.3 is 10.1 Å². The van der Waals surface area contributed by atoms with Crippen LogP contribution in [0.2, 0.25) is 0 Å². The molecule has 0 aliphatic carbocycles. The van der Waals surface area contributed by atoms with Crippen molar-refractivity contribution in [3.63, 3.8) is 0 Å². The Morgan fingerprint density at radius 2 is 1.60 bits per heavy atom. The van der Waals surface area contributed by atoms with E-state index in [0.29, 0.717) is 17.0 Å². The minimum Gasteiger partial charge on any atom is -0.484 e. The van der Waals surface area contributed by atoms with Crippen LogP contribution in [0.4, 0.5) is 5.69 Å². The number of carbonyl (C=O) groups excluding carboxylic acids is 3. The lowest BCUT2D eigenvalue weighted by Gasteiger charge is -2.09. The number of carbonyl (C=O) groups is 3. The lowest BCUT2D eigenvalue weighted by Crippen LogP contribution is -2.43. The summed E-state index contributed by atoms with van der Waals surface area (Å²) in [5, 5.41) is 2.60. The fourth-order valence-corrected chi connectivity index (χ4v) is 2.09. The number of ether oxygens (including phenoxy) is 1. The van der Waals surface area contributed by atoms with Crippen molar-refractivity contribution in [3.8, 4) is 5.75 Å². The van der Waals surface area contributed by atoms with E-state index in [9.17, 15) is 14.4 Å². The predicted octanol–water partition coefficient (Wildman–Crippen LogP) is 2.25. The van der Waals surface area contributed by atoms with Crippen molar-refractivity contribution in [3.05, 3.63) is 58.6 Å². The number of benzene rings is 2. The summed E-state index contributed by atoms with van der Waals surface area (Å²) in [5.74, 6) is -0.633. The quantitative estimate of drug-likeness (QED) is 0.664. The topological polar surface area (TPSA) is 96.5 Å². The first kappa shape index (κ1) is 18.5. The number of halogens is 1. The van der Waals surface area contributed by atoms with E-state index >= 15 is 0 Å². The molecule has 0 fully saturated rings. The highest BCUT2D eigenvalue weighted by Gasteiger charge is 2.08. The molecule has 3 amide bonds. The highest BCUT2D eigenvalue weighted by molar-refractivity contribution is 9.10. The summed E-state index contributed by atoms with van der Waals surface area (Å²) in [6, 6.07) is 13.3. The van der Waals surface area contributed by atoms with Gasteiger partial charge in [0.1, 0.15) is 5.75 Å². The molecule has 130 valence electrons. The van der Waals surface area contributed by atoms with Crippen LogP contribution < -0.4 is 20.9 Å². The van der Waals surface area contributed by atoms with Crippen LogP contribution >= 0.6 is 15.9 Å². The molecule has 0 radical (unpaired) electrons. The molecule has 3 N–H and O–H groups in total. The lowest BCUT2D eigenvalue weighted by atomic mass is 10.2. The summed E-state index contributed by atoms with van der Waals surface area (Å²) < 4.78 is 6.19. The van der Waals surface area contributed by atoms with E-state index in [1.54, 1.807) is 36.4 Å². The number of anilines is 1. The smallest absolute Gasteiger partial charge is 0.276 e. The molecule has 2 aromatic rings. The minimum atomic E-state index is -0.494. The number of rotatable bonds is 5. The SMILES string of the molecule is CC(=O)Nc1ccc(C(=O)NNC(=O)COc2ccc(Br)cc2)cc1. The molecule has 0 spiro atoms. The maximum absolute atomic E-state index is 11.9. The second kappa shape index (κ2) is 8.84. The molecule has 0 aliphatic heterocycles. The molecule has 2 aromatic carbocycles. The van der Waals surface area contributed by atoms with Crippen LogP contribution in [0.15, 0.2) is 53.0 Å². The fourth-order valence-electron chi connectivity index (χ4n) is 1.82. The summed E-state index contributed by atoms with van der Waals surface area (Å²) in [4.78, 5) is 34.6. The van der Waals surface area contributed by atoms with Crippen molar-refractivity contribution in [1.29, 1.82) is 0 Å². The molecule has 0 atom stereocenters. The first-order valence-corrected chi connectivity index (χ1v) is 8.08. The number of hydrazine groups is 1. The van der Waals surface area contributed by atoms with Gasteiger partial charge in [0, 0.05) is 22.6 Å². The van der Waals surface area contributed by atoms with E-state index in [4.69, 9.17) is 4.74 Å². The number of hydrogen-bond donors (Lipinski definition) is 3. The second-order valence-electron chi connectivity index (χ2n) is 5.00. The van der Waals surface area contributed by atoms with Gasteiger partial charge in [-0.3, -0.25) is 25.2 Å². The maximum Gasteiger partial charge on any atom is 0.276 e. The van der Waals surface area contributed by atoms with E-state index in [0.717, 1.165) is 4.47 Å². The van der Waals surface area contributed by atoms with Gasteiger partial charge in [0.05, 0.1) is 0 Å². The van der Waals surface area contributed by atoms with Gasteiger partial charge >= 0.3 is 0 Å². The van der Waals surface area contributed by atoms with Crippen LogP contribution in [0.3, 0.4) is 0 Å². The third-order valence-corrected chi connectivity index (χ3v) is 3.50. The monoisotopic (exact) mass is 405 g/mol. The zero-order chi connectivity index (χ0) is 18.2. The van der Waals surface area contributed by atoms with Crippen LogP contribution in [0, 0.1) is 0 Å². The van der Waals surface area contributed by atoms with Crippen LogP contribution in [0.25, 0.3) is 0 Å². The molecule has 0 aliphatic rings. The Balaban J connectivity index is 1.77. The first-order chi connectivity index (χ1) is 11.9. The molecular weight excluding hydrogens is 390 g/mol. The summed E-state index contributed by atoms with van der Waals surface area (Å²) in [6.45, 7) is 1.16. The molecule has 0 saturated heterocycles. The normalized spacial score (nSPS) is 9.84. The van der Waals surface area contributed by atoms with Gasteiger partial charge in [-0.25, -0.2) is 0 Å². The number of amides is 3. The lowest BCUT2D eigenvalue weighted by molar-refractivity contribution is -0.123. The number of hydrogen-bond acceptors (Lipinski definition) is 4. The molecule has 7 nitrogen and oxygen atoms in total. The van der Waals surface area contributed by atoms with E-state index in [1.807, 2.05) is 0 Å². The van der Waals surface area contributed by atoms with Crippen molar-refractivity contribution in [1.82, 2.24) is 10.9 Å². The van der Waals surface area contributed by atoms with Crippen molar-refractivity contribution in [2.24, 2.45) is 0 Å². The largest absolute Gasteiger partial charge is 0.484 e. The van der Waals surface area contributed by atoms with Crippen molar-refractivity contribution >= 4 is 39.3 Å². The second-order valence-corrected chi connectivity index (χ2v) is 5.92. The predicted molar refractivity (Wildman–Crippen MR) is 96.0 cm³/mol. The Bertz CT molecular complexity index is 760. The third-order valence-electron chi connectivity index (χ3n) is 2.97. The van der Waals surface area contributed by atoms with Crippen LogP contribution in [0.5, 0.6) is 5.75 Å². The van der Waals surface area contributed by atoms with E-state index in [-0.39, 0.29) is 12.5 Å². The standard InChI is InChI=1S/C17H16BrN3O4/c1-11(22)19-14-6-2-12(3-7-14)17(24)21-20-16(23)10-25-15-8-4-13(18)5-9-15/h2-9H,10H2,1H3,(H,19,22)(H,20,23)(H,21,24). The number of nitrogens with one attached hydrogen (secondary N) is 3. The zero-order valence-electron chi connectivity index (χ0n) is 13.3. The third kappa shape index (κ3) is 6.27. The van der Waals surface area contributed by atoms with Crippen molar-refractivity contribution in [2.45, 2.75) is 6.92 Å². The van der Waals surface area contributed by atoms with Crippen LogP contribution in [0.1, 0.15) is 17.3 Å². The Morgan fingerprint density at radius 3 is 2.20 bits per heavy atom. The first-order valence-electron chi connectivity index (χ1n) is 7.29. The van der Waals surface area contributed by atoms with E-state index in [1.165, 1.54) is 19.1 Å². The van der Waals surface area contributed by atoms with Gasteiger partial charge in [-0.05, 0) is 48.5 Å². The molecule has 0 aromatic heterocycles. The average Bonchev–Trinajstić information content (AvgIpc) is 2.59. The summed E-state index contributed by atoms with van der Waals surface area (Å²) in [7, 11) is 0. The van der Waals surface area contributed by atoms with Gasteiger partial charge in [-0.2, -0.15) is 0 Å². The Labute approximate surface area is 152 Å². The van der Waals surface area contributed by atoms with Gasteiger partial charge in [0.2, 0.25) is 5.91 Å². The molecule has 0 heterocycles. The van der Waals surface area contributed by atoms with Crippen molar-refractivity contribution < 1.29 is 19.1 Å². The van der Waals surface area contributed by atoms with Gasteiger partial charge in [-0.15, -0.1) is 0 Å². The molecule has 2 rings (SSSR count). The minimum absolute atomic E-state index is 0.199. The molecule has 0 unspecified atom stereocenters. The summed E-state index contributed by atoms with van der Waals surface area (Å²) in [5.41, 5.74) is 5.47. The highest BCUT2D eigenvalue weighted by Crippen LogP contribution is 2.15. The Morgan fingerprint density at radius 1 is 0.960 bits per heavy atom. The van der Waals surface area contributed by atoms with Crippen LogP contribution in [-0.4, -0.2) is 24.3 Å². The van der Waals surface area contributed by atoms with Crippen molar-refractivity contribution in [2.75, 3.05) is 11.9 Å². The Kier molecular flexibility index (Phi) is 6.53. The summed E-state index contributed by atoms with van der Waals surface area (Å²) in [6.07, 6.45) is 0. The van der Waals surface area contributed by atoms with Crippen LogP contribution in [-0.2, 0) is 9.59 Å². The van der Waals surface area contributed by atoms with Gasteiger partial charge in [-0.1, -0.05) is 15.9 Å². The highest BCUT2D eigenvalue weighted by atomic mass is 79.9. The van der Waals surface area contributed by atoms with Gasteiger partial charge in [0.25, 0.3) is 11.8 Å².